The number of hydrogen-bond donors (Lipinski definition) is 2. The molecule has 0 bridgehead atoms. The molecular formula is C13H22N2O4S. The van der Waals surface area contributed by atoms with Gasteiger partial charge in [-0.2, -0.15) is 0 Å². The summed E-state index contributed by atoms with van der Waals surface area (Å²) < 4.78 is 36.8. The number of benzene rings is 1. The molecule has 0 saturated heterocycles. The van der Waals surface area contributed by atoms with Gasteiger partial charge in [-0.05, 0) is 24.6 Å². The molecule has 0 spiro atoms. The fraction of sp³-hybridized carbons (Fsp3) is 0.538. The van der Waals surface area contributed by atoms with Gasteiger partial charge in [0, 0.05) is 13.2 Å². The molecule has 20 heavy (non-hydrogen) atoms. The van der Waals surface area contributed by atoms with Gasteiger partial charge < -0.3 is 15.2 Å². The summed E-state index contributed by atoms with van der Waals surface area (Å²) in [5, 5.41) is 0. The van der Waals surface area contributed by atoms with Crippen LogP contribution in [0, 0.1) is 0 Å². The van der Waals surface area contributed by atoms with E-state index in [0.717, 1.165) is 12.8 Å². The summed E-state index contributed by atoms with van der Waals surface area (Å²) in [6.07, 6.45) is 2.03. The zero-order valence-electron chi connectivity index (χ0n) is 11.9. The summed E-state index contributed by atoms with van der Waals surface area (Å²) in [6.45, 7) is 3.30. The van der Waals surface area contributed by atoms with E-state index >= 15 is 0 Å². The van der Waals surface area contributed by atoms with Gasteiger partial charge in [0.2, 0.25) is 10.0 Å². The monoisotopic (exact) mass is 302 g/mol. The topological polar surface area (TPSA) is 90.6 Å². The van der Waals surface area contributed by atoms with Crippen molar-refractivity contribution in [3.8, 4) is 5.75 Å². The highest BCUT2D eigenvalue weighted by molar-refractivity contribution is 7.89. The zero-order chi connectivity index (χ0) is 15.0. The molecular weight excluding hydrogens is 280 g/mol. The van der Waals surface area contributed by atoms with Crippen molar-refractivity contribution in [1.82, 2.24) is 4.72 Å². The Labute approximate surface area is 120 Å². The predicted molar refractivity (Wildman–Crippen MR) is 78.3 cm³/mol. The number of anilines is 1. The van der Waals surface area contributed by atoms with Crippen molar-refractivity contribution < 1.29 is 17.9 Å². The number of sulfonamides is 1. The number of ether oxygens (including phenoxy) is 2. The van der Waals surface area contributed by atoms with Crippen LogP contribution < -0.4 is 15.2 Å². The molecule has 0 saturated carbocycles. The van der Waals surface area contributed by atoms with E-state index in [1.165, 1.54) is 25.3 Å². The van der Waals surface area contributed by atoms with E-state index in [2.05, 4.69) is 11.6 Å². The van der Waals surface area contributed by atoms with Crippen LogP contribution in [0.5, 0.6) is 5.75 Å². The molecule has 1 rings (SSSR count). The number of nitrogens with one attached hydrogen (secondary N) is 1. The normalized spacial score (nSPS) is 11.5. The lowest BCUT2D eigenvalue weighted by atomic mass is 10.3. The van der Waals surface area contributed by atoms with Crippen LogP contribution in [0.1, 0.15) is 19.8 Å². The van der Waals surface area contributed by atoms with Gasteiger partial charge in [-0.3, -0.25) is 0 Å². The lowest BCUT2D eigenvalue weighted by Crippen LogP contribution is -2.27. The third-order valence-electron chi connectivity index (χ3n) is 2.69. The summed E-state index contributed by atoms with van der Waals surface area (Å²) in [5.74, 6) is 0.451. The highest BCUT2D eigenvalue weighted by Crippen LogP contribution is 2.24. The van der Waals surface area contributed by atoms with Gasteiger partial charge in [-0.25, -0.2) is 13.1 Å². The summed E-state index contributed by atoms with van der Waals surface area (Å²) in [5.41, 5.74) is 5.98. The Bertz CT molecular complexity index is 517. The standard InChI is InChI=1S/C13H22N2O4S/c1-3-4-8-19-9-7-15-20(16,17)11-5-6-13(18-2)12(14)10-11/h5-6,10,15H,3-4,7-9,14H2,1-2H3. The minimum atomic E-state index is -3.57. The quantitative estimate of drug-likeness (QED) is 0.531. The first-order chi connectivity index (χ1) is 9.51. The molecule has 6 nitrogen and oxygen atoms in total. The van der Waals surface area contributed by atoms with E-state index in [4.69, 9.17) is 15.2 Å². The molecule has 7 heteroatoms. The van der Waals surface area contributed by atoms with Gasteiger partial charge in [-0.1, -0.05) is 13.3 Å². The Hall–Kier alpha value is -1.31. The molecule has 0 aliphatic heterocycles. The molecule has 3 N–H and O–H groups in total. The third-order valence-corrected chi connectivity index (χ3v) is 4.15. The highest BCUT2D eigenvalue weighted by Gasteiger charge is 2.14. The van der Waals surface area contributed by atoms with Crippen LogP contribution in [0.2, 0.25) is 0 Å². The van der Waals surface area contributed by atoms with E-state index in [0.29, 0.717) is 19.0 Å². The van der Waals surface area contributed by atoms with Gasteiger partial charge in [0.1, 0.15) is 5.75 Å². The molecule has 0 heterocycles. The maximum Gasteiger partial charge on any atom is 0.240 e. The highest BCUT2D eigenvalue weighted by atomic mass is 32.2. The molecule has 114 valence electrons. The average molecular weight is 302 g/mol. The number of hydrogen-bond acceptors (Lipinski definition) is 5. The molecule has 0 unspecified atom stereocenters. The van der Waals surface area contributed by atoms with Gasteiger partial charge in [0.05, 0.1) is 24.3 Å². The minimum absolute atomic E-state index is 0.115. The van der Waals surface area contributed by atoms with Gasteiger partial charge in [-0.15, -0.1) is 0 Å². The summed E-state index contributed by atoms with van der Waals surface area (Å²) in [6, 6.07) is 4.36. The first kappa shape index (κ1) is 16.7. The first-order valence-electron chi connectivity index (χ1n) is 6.52. The lowest BCUT2D eigenvalue weighted by Gasteiger charge is -2.09. The Morgan fingerprint density at radius 3 is 2.65 bits per heavy atom. The number of unbranched alkanes of at least 4 members (excludes halogenated alkanes) is 1. The second kappa shape index (κ2) is 8.08. The molecule has 0 aliphatic carbocycles. The van der Waals surface area contributed by atoms with Crippen molar-refractivity contribution in [3.05, 3.63) is 18.2 Å². The summed E-state index contributed by atoms with van der Waals surface area (Å²) in [4.78, 5) is 0.115. The van der Waals surface area contributed by atoms with Crippen molar-refractivity contribution >= 4 is 15.7 Å². The van der Waals surface area contributed by atoms with Crippen molar-refractivity contribution in [2.45, 2.75) is 24.7 Å². The second-order valence-corrected chi connectivity index (χ2v) is 6.03. The number of rotatable bonds is 9. The van der Waals surface area contributed by atoms with Crippen LogP contribution in [0.15, 0.2) is 23.1 Å². The molecule has 1 aromatic rings. The first-order valence-corrected chi connectivity index (χ1v) is 8.00. The average Bonchev–Trinajstić information content (AvgIpc) is 2.42. The van der Waals surface area contributed by atoms with Crippen LogP contribution in [-0.4, -0.2) is 35.3 Å². The van der Waals surface area contributed by atoms with Crippen molar-refractivity contribution in [3.63, 3.8) is 0 Å². The Kier molecular flexibility index (Phi) is 6.77. The predicted octanol–water partition coefficient (Wildman–Crippen LogP) is 1.37. The van der Waals surface area contributed by atoms with E-state index < -0.39 is 10.0 Å². The largest absolute Gasteiger partial charge is 0.495 e. The van der Waals surface area contributed by atoms with Gasteiger partial charge in [0.25, 0.3) is 0 Å². The number of methoxy groups -OCH3 is 1. The van der Waals surface area contributed by atoms with Crippen LogP contribution in [-0.2, 0) is 14.8 Å². The molecule has 0 fully saturated rings. The number of nitrogens with two attached hydrogens (primary N) is 1. The van der Waals surface area contributed by atoms with Gasteiger partial charge in [0.15, 0.2) is 0 Å². The summed E-state index contributed by atoms with van der Waals surface area (Å²) in [7, 11) is -2.09. The van der Waals surface area contributed by atoms with Crippen LogP contribution in [0.25, 0.3) is 0 Å². The van der Waals surface area contributed by atoms with E-state index in [1.54, 1.807) is 0 Å². The maximum atomic E-state index is 12.0. The third kappa shape index (κ3) is 4.99. The number of nitrogen functional groups attached to an aromatic ring is 1. The SMILES string of the molecule is CCCCOCCNS(=O)(=O)c1ccc(OC)c(N)c1. The summed E-state index contributed by atoms with van der Waals surface area (Å²) >= 11 is 0. The molecule has 0 radical (unpaired) electrons. The Balaban J connectivity index is 2.54. The van der Waals surface area contributed by atoms with E-state index in [1.807, 2.05) is 0 Å². The Morgan fingerprint density at radius 1 is 1.30 bits per heavy atom. The van der Waals surface area contributed by atoms with Crippen molar-refractivity contribution in [1.29, 1.82) is 0 Å². The minimum Gasteiger partial charge on any atom is -0.495 e. The zero-order valence-corrected chi connectivity index (χ0v) is 12.7. The second-order valence-electron chi connectivity index (χ2n) is 4.27. The fourth-order valence-electron chi connectivity index (χ4n) is 1.56. The molecule has 0 aromatic heterocycles. The maximum absolute atomic E-state index is 12.0. The van der Waals surface area contributed by atoms with Crippen LogP contribution in [0.4, 0.5) is 5.69 Å². The van der Waals surface area contributed by atoms with Gasteiger partial charge >= 0.3 is 0 Å². The van der Waals surface area contributed by atoms with Crippen molar-refractivity contribution in [2.24, 2.45) is 0 Å². The molecule has 0 atom stereocenters. The van der Waals surface area contributed by atoms with E-state index in [9.17, 15) is 8.42 Å². The Morgan fingerprint density at radius 2 is 2.05 bits per heavy atom. The molecule has 1 aromatic carbocycles. The molecule has 0 amide bonds. The smallest absolute Gasteiger partial charge is 0.240 e. The van der Waals surface area contributed by atoms with Crippen molar-refractivity contribution in [2.75, 3.05) is 32.6 Å². The van der Waals surface area contributed by atoms with Crippen LogP contribution >= 0.6 is 0 Å². The van der Waals surface area contributed by atoms with E-state index in [-0.39, 0.29) is 17.1 Å². The van der Waals surface area contributed by atoms with Crippen LogP contribution in [0.3, 0.4) is 0 Å². The molecule has 0 aliphatic rings. The lowest BCUT2D eigenvalue weighted by molar-refractivity contribution is 0.136. The fourth-order valence-corrected chi connectivity index (χ4v) is 2.61.